The van der Waals surface area contributed by atoms with Gasteiger partial charge in [-0.2, -0.15) is 0 Å². The SMILES string of the molecule is c1ccc(-c2ccc(N(c3ccc4c(c3)C3(c5ccccc5-c5ccccc53)c3ccccc3-4)c3cccc4c3oc3c(-c5ccccc5)c5ccccc5cc34)cc2)cc1. The summed E-state index contributed by atoms with van der Waals surface area (Å²) >= 11 is 0. The fourth-order valence-corrected chi connectivity index (χ4v) is 10.7. The summed E-state index contributed by atoms with van der Waals surface area (Å²) in [5.41, 5.74) is 19.5. The van der Waals surface area contributed by atoms with Gasteiger partial charge >= 0.3 is 0 Å². The predicted octanol–water partition coefficient (Wildman–Crippen LogP) is 15.9. The highest BCUT2D eigenvalue weighted by molar-refractivity contribution is 6.20. The second-order valence-corrected chi connectivity index (χ2v) is 16.3. The summed E-state index contributed by atoms with van der Waals surface area (Å²) < 4.78 is 7.28. The Kier molecular flexibility index (Phi) is 7.26. The molecule has 2 nitrogen and oxygen atoms in total. The number of anilines is 3. The fourth-order valence-electron chi connectivity index (χ4n) is 10.7. The molecule has 0 aliphatic heterocycles. The van der Waals surface area contributed by atoms with E-state index in [1.54, 1.807) is 0 Å². The van der Waals surface area contributed by atoms with Crippen molar-refractivity contribution in [1.82, 2.24) is 0 Å². The van der Waals surface area contributed by atoms with E-state index in [-0.39, 0.29) is 0 Å². The van der Waals surface area contributed by atoms with Crippen LogP contribution < -0.4 is 4.90 Å². The minimum absolute atomic E-state index is 0.464. The molecule has 0 amide bonds. The van der Waals surface area contributed by atoms with Crippen LogP contribution in [0.25, 0.3) is 77.2 Å². The van der Waals surface area contributed by atoms with Crippen LogP contribution in [0.1, 0.15) is 22.3 Å². The Morgan fingerprint density at radius 2 is 0.852 bits per heavy atom. The molecule has 0 radical (unpaired) electrons. The van der Waals surface area contributed by atoms with Crippen molar-refractivity contribution in [3.8, 4) is 44.5 Å². The summed E-state index contributed by atoms with van der Waals surface area (Å²) in [5.74, 6) is 0. The number of nitrogens with zero attached hydrogens (tertiary/aromatic N) is 1. The van der Waals surface area contributed by atoms with Crippen LogP contribution in [0.3, 0.4) is 0 Å². The van der Waals surface area contributed by atoms with Gasteiger partial charge in [-0.25, -0.2) is 0 Å². The predicted molar refractivity (Wildman–Crippen MR) is 253 cm³/mol. The van der Waals surface area contributed by atoms with Crippen molar-refractivity contribution in [3.05, 3.63) is 247 Å². The first-order chi connectivity index (χ1) is 30.3. The lowest BCUT2D eigenvalue weighted by molar-refractivity contribution is 0.670. The van der Waals surface area contributed by atoms with Crippen molar-refractivity contribution >= 4 is 49.8 Å². The van der Waals surface area contributed by atoms with Crippen LogP contribution >= 0.6 is 0 Å². The highest BCUT2D eigenvalue weighted by Crippen LogP contribution is 2.63. The Balaban J connectivity index is 1.09. The monoisotopic (exact) mass is 775 g/mol. The minimum atomic E-state index is -0.464. The zero-order valence-electron chi connectivity index (χ0n) is 33.2. The van der Waals surface area contributed by atoms with Crippen molar-refractivity contribution in [3.63, 3.8) is 0 Å². The Hall–Kier alpha value is -7.94. The average molecular weight is 776 g/mol. The van der Waals surface area contributed by atoms with Crippen LogP contribution in [0.2, 0.25) is 0 Å². The molecule has 61 heavy (non-hydrogen) atoms. The first-order valence-electron chi connectivity index (χ1n) is 21.1. The molecule has 2 aliphatic carbocycles. The first kappa shape index (κ1) is 34.0. The van der Waals surface area contributed by atoms with E-state index in [9.17, 15) is 0 Å². The number of para-hydroxylation sites is 1. The van der Waals surface area contributed by atoms with Crippen LogP contribution in [0, 0.1) is 0 Å². The summed E-state index contributed by atoms with van der Waals surface area (Å²) in [6, 6.07) is 82.0. The lowest BCUT2D eigenvalue weighted by atomic mass is 9.70. The summed E-state index contributed by atoms with van der Waals surface area (Å²) in [5, 5.41) is 4.56. The maximum Gasteiger partial charge on any atom is 0.159 e. The van der Waals surface area contributed by atoms with Crippen molar-refractivity contribution in [1.29, 1.82) is 0 Å². The van der Waals surface area contributed by atoms with E-state index in [0.29, 0.717) is 0 Å². The lowest BCUT2D eigenvalue weighted by Gasteiger charge is -2.32. The first-order valence-corrected chi connectivity index (χ1v) is 21.1. The summed E-state index contributed by atoms with van der Waals surface area (Å²) in [7, 11) is 0. The molecule has 0 bridgehead atoms. The second-order valence-electron chi connectivity index (χ2n) is 16.3. The molecule has 2 heteroatoms. The van der Waals surface area contributed by atoms with Gasteiger partial charge in [0, 0.05) is 27.7 Å². The number of fused-ring (bicyclic) bond motifs is 14. The van der Waals surface area contributed by atoms with E-state index in [1.165, 1.54) is 66.4 Å². The van der Waals surface area contributed by atoms with E-state index in [2.05, 4.69) is 229 Å². The fraction of sp³-hybridized carbons (Fsp3) is 0.0169. The van der Waals surface area contributed by atoms with Crippen molar-refractivity contribution < 1.29 is 4.42 Å². The van der Waals surface area contributed by atoms with E-state index in [1.807, 2.05) is 0 Å². The van der Waals surface area contributed by atoms with E-state index >= 15 is 0 Å². The average Bonchev–Trinajstić information content (AvgIpc) is 3.96. The topological polar surface area (TPSA) is 16.4 Å². The number of benzene rings is 10. The van der Waals surface area contributed by atoms with Gasteiger partial charge in [-0.1, -0.05) is 188 Å². The lowest BCUT2D eigenvalue weighted by Crippen LogP contribution is -2.26. The molecule has 11 aromatic rings. The molecule has 13 rings (SSSR count). The molecule has 10 aromatic carbocycles. The third-order valence-electron chi connectivity index (χ3n) is 13.3. The number of rotatable bonds is 5. The third-order valence-corrected chi connectivity index (χ3v) is 13.3. The van der Waals surface area contributed by atoms with E-state index < -0.39 is 5.41 Å². The summed E-state index contributed by atoms with van der Waals surface area (Å²) in [6.07, 6.45) is 0. The van der Waals surface area contributed by atoms with Gasteiger partial charge < -0.3 is 9.32 Å². The molecule has 2 aliphatic rings. The Morgan fingerprint density at radius 3 is 1.52 bits per heavy atom. The van der Waals surface area contributed by atoms with Crippen LogP contribution in [0.5, 0.6) is 0 Å². The van der Waals surface area contributed by atoms with Crippen LogP contribution in [-0.2, 0) is 5.41 Å². The van der Waals surface area contributed by atoms with Gasteiger partial charge in [-0.05, 0) is 108 Å². The molecule has 0 fully saturated rings. The van der Waals surface area contributed by atoms with Crippen molar-refractivity contribution in [2.24, 2.45) is 0 Å². The van der Waals surface area contributed by atoms with Crippen molar-refractivity contribution in [2.75, 3.05) is 4.90 Å². The number of furan rings is 1. The Bertz CT molecular complexity index is 3460. The largest absolute Gasteiger partial charge is 0.453 e. The van der Waals surface area contributed by atoms with Gasteiger partial charge in [0.05, 0.1) is 11.1 Å². The molecular formula is C59H37NO. The summed E-state index contributed by atoms with van der Waals surface area (Å²) in [6.45, 7) is 0. The molecule has 1 aromatic heterocycles. The molecule has 0 atom stereocenters. The van der Waals surface area contributed by atoms with Crippen LogP contribution in [0.15, 0.2) is 229 Å². The van der Waals surface area contributed by atoms with Gasteiger partial charge in [0.1, 0.15) is 5.58 Å². The molecule has 1 heterocycles. The zero-order valence-corrected chi connectivity index (χ0v) is 33.2. The van der Waals surface area contributed by atoms with E-state index in [4.69, 9.17) is 4.42 Å². The number of hydrogen-bond acceptors (Lipinski definition) is 2. The Labute approximate surface area is 354 Å². The highest BCUT2D eigenvalue weighted by Gasteiger charge is 2.51. The molecule has 0 N–H and O–H groups in total. The second kappa shape index (κ2) is 13.0. The van der Waals surface area contributed by atoms with Crippen LogP contribution in [0.4, 0.5) is 17.1 Å². The molecule has 284 valence electrons. The standard InChI is InChI=1S/C59H37NO/c1-3-16-38(17-4-1)39-30-32-42(33-31-39)60(55-29-15-25-49-50-36-41-20-7-8-21-44(41)56(58(50)61-57(49)55)40-18-5-2-6-19-40)43-34-35-48-47-24-11-14-28-53(47)59(54(48)37-43)51-26-12-9-22-45(51)46-23-10-13-27-52(46)59/h1-37H. The van der Waals surface area contributed by atoms with Gasteiger partial charge in [0.2, 0.25) is 0 Å². The van der Waals surface area contributed by atoms with Gasteiger partial charge in [0.25, 0.3) is 0 Å². The highest BCUT2D eigenvalue weighted by atomic mass is 16.3. The van der Waals surface area contributed by atoms with Gasteiger partial charge in [-0.3, -0.25) is 0 Å². The molecule has 0 unspecified atom stereocenters. The normalized spacial score (nSPS) is 13.0. The third kappa shape index (κ3) is 4.79. The maximum absolute atomic E-state index is 7.28. The molecule has 0 saturated heterocycles. The number of hydrogen-bond donors (Lipinski definition) is 0. The smallest absolute Gasteiger partial charge is 0.159 e. The molecular weight excluding hydrogens is 739 g/mol. The quantitative estimate of drug-likeness (QED) is 0.173. The van der Waals surface area contributed by atoms with Crippen molar-refractivity contribution in [2.45, 2.75) is 5.41 Å². The maximum atomic E-state index is 7.28. The van der Waals surface area contributed by atoms with Gasteiger partial charge in [-0.15, -0.1) is 0 Å². The van der Waals surface area contributed by atoms with Gasteiger partial charge in [0.15, 0.2) is 5.58 Å². The zero-order chi connectivity index (χ0) is 40.1. The molecule has 0 saturated carbocycles. The minimum Gasteiger partial charge on any atom is -0.453 e. The van der Waals surface area contributed by atoms with E-state index in [0.717, 1.165) is 50.1 Å². The summed E-state index contributed by atoms with van der Waals surface area (Å²) in [4.78, 5) is 2.41. The van der Waals surface area contributed by atoms with Crippen LogP contribution in [-0.4, -0.2) is 0 Å². The Morgan fingerprint density at radius 1 is 0.328 bits per heavy atom. The molecule has 1 spiro atoms.